The van der Waals surface area contributed by atoms with Gasteiger partial charge in [0.05, 0.1) is 35.3 Å². The molecule has 1 amide bonds. The van der Waals surface area contributed by atoms with Crippen molar-refractivity contribution in [1.82, 2.24) is 19.9 Å². The average Bonchev–Trinajstić information content (AvgIpc) is 2.91. The number of halogens is 5. The Kier molecular flexibility index (Phi) is 9.77. The lowest BCUT2D eigenvalue weighted by Crippen LogP contribution is -2.55. The molecule has 1 fully saturated rings. The van der Waals surface area contributed by atoms with E-state index in [4.69, 9.17) is 16.3 Å². The minimum atomic E-state index is -4.85. The normalized spacial score (nSPS) is 18.4. The summed E-state index contributed by atoms with van der Waals surface area (Å²) in [5.74, 6) is -1.31. The number of carbonyl (C=O) groups is 1. The first-order valence-corrected chi connectivity index (χ1v) is 16.9. The molecule has 14 heteroatoms. The van der Waals surface area contributed by atoms with Crippen LogP contribution < -0.4 is 15.0 Å². The van der Waals surface area contributed by atoms with Crippen molar-refractivity contribution >= 4 is 38.9 Å². The van der Waals surface area contributed by atoms with Crippen molar-refractivity contribution in [2.24, 2.45) is 0 Å². The fourth-order valence-corrected chi connectivity index (χ4v) is 5.44. The minimum Gasteiger partial charge on any atom is -0.477 e. The summed E-state index contributed by atoms with van der Waals surface area (Å²) < 4.78 is 62.6. The molecule has 0 spiro atoms. The predicted molar refractivity (Wildman–Crippen MR) is 164 cm³/mol. The van der Waals surface area contributed by atoms with Gasteiger partial charge in [-0.2, -0.15) is 13.2 Å². The summed E-state index contributed by atoms with van der Waals surface area (Å²) in [4.78, 5) is 29.3. The predicted octanol–water partition coefficient (Wildman–Crippen LogP) is 6.20. The van der Waals surface area contributed by atoms with Crippen LogP contribution in [-0.2, 0) is 6.18 Å². The third-order valence-corrected chi connectivity index (χ3v) is 8.88. The summed E-state index contributed by atoms with van der Waals surface area (Å²) in [7, 11) is 1.09. The number of anilines is 2. The molecular weight excluding hydrogens is 608 g/mol. The summed E-state index contributed by atoms with van der Waals surface area (Å²) in [6.07, 6.45) is 3.15. The molecule has 0 bridgehead atoms. The lowest BCUT2D eigenvalue weighted by Gasteiger charge is -2.44. The minimum absolute atomic E-state index is 0.113. The van der Waals surface area contributed by atoms with Crippen molar-refractivity contribution < 1.29 is 27.1 Å². The number of aromatic nitrogens is 3. The Morgan fingerprint density at radius 3 is 2.42 bits per heavy atom. The van der Waals surface area contributed by atoms with Crippen LogP contribution in [0.15, 0.2) is 36.7 Å². The zero-order chi connectivity index (χ0) is 31.7. The first-order chi connectivity index (χ1) is 20.0. The molecule has 0 saturated carbocycles. The fraction of sp³-hybridized carbons (Fsp3) is 0.448. The lowest BCUT2D eigenvalue weighted by atomic mass is 10.0. The van der Waals surface area contributed by atoms with Gasteiger partial charge in [0.15, 0.2) is 5.82 Å². The maximum atomic E-state index is 14.7. The molecule has 1 aliphatic heterocycles. The number of rotatable bonds is 8. The SMILES string of the molecule is C[C@@H]1CN(c2ccc(-c3nc(Cl)ncc3F)cc2NC(=O)c2cnc(OCCS(C)(C)C)cc2C(F)(F)F)C[C@H](C)N1C. The molecule has 3 heterocycles. The average molecular weight is 643 g/mol. The molecule has 0 radical (unpaired) electrons. The van der Waals surface area contributed by atoms with Crippen molar-refractivity contribution in [3.05, 3.63) is 58.9 Å². The highest BCUT2D eigenvalue weighted by molar-refractivity contribution is 8.32. The second kappa shape index (κ2) is 12.8. The molecular formula is C29H35ClF4N6O2S. The number of ether oxygens (including phenoxy) is 1. The molecule has 1 N–H and O–H groups in total. The third-order valence-electron chi connectivity index (χ3n) is 7.31. The van der Waals surface area contributed by atoms with Gasteiger partial charge in [-0.05, 0) is 63.4 Å². The molecule has 234 valence electrons. The zero-order valence-corrected chi connectivity index (χ0v) is 26.4. The number of nitrogens with one attached hydrogen (secondary N) is 1. The quantitative estimate of drug-likeness (QED) is 0.231. The molecule has 8 nitrogen and oxygen atoms in total. The Morgan fingerprint density at radius 2 is 1.79 bits per heavy atom. The summed E-state index contributed by atoms with van der Waals surface area (Å²) in [6, 6.07) is 5.82. The first kappa shape index (κ1) is 32.7. The van der Waals surface area contributed by atoms with E-state index >= 15 is 0 Å². The van der Waals surface area contributed by atoms with Crippen LogP contribution in [0.1, 0.15) is 29.8 Å². The van der Waals surface area contributed by atoms with Gasteiger partial charge in [0.25, 0.3) is 5.91 Å². The Hall–Kier alpha value is -3.16. The van der Waals surface area contributed by atoms with Crippen LogP contribution in [0.3, 0.4) is 0 Å². The second-order valence-electron chi connectivity index (χ2n) is 11.5. The maximum absolute atomic E-state index is 14.7. The van der Waals surface area contributed by atoms with Gasteiger partial charge in [0.2, 0.25) is 11.2 Å². The number of alkyl halides is 3. The largest absolute Gasteiger partial charge is 0.477 e. The first-order valence-electron chi connectivity index (χ1n) is 13.5. The molecule has 1 aliphatic rings. The number of amides is 1. The molecule has 3 aromatic rings. The number of piperazine rings is 1. The van der Waals surface area contributed by atoms with Crippen LogP contribution in [0.25, 0.3) is 11.3 Å². The smallest absolute Gasteiger partial charge is 0.417 e. The van der Waals surface area contributed by atoms with Crippen molar-refractivity contribution in [2.75, 3.05) is 61.5 Å². The van der Waals surface area contributed by atoms with E-state index in [0.29, 0.717) is 24.5 Å². The van der Waals surface area contributed by atoms with Crippen molar-refractivity contribution in [3.63, 3.8) is 0 Å². The number of pyridine rings is 1. The maximum Gasteiger partial charge on any atom is 0.417 e. The van der Waals surface area contributed by atoms with Crippen LogP contribution >= 0.6 is 21.6 Å². The van der Waals surface area contributed by atoms with E-state index in [1.807, 2.05) is 11.9 Å². The van der Waals surface area contributed by atoms with E-state index in [9.17, 15) is 22.4 Å². The Bertz CT molecular complexity index is 1470. The van der Waals surface area contributed by atoms with E-state index in [2.05, 4.69) is 57.8 Å². The molecule has 2 atom stereocenters. The van der Waals surface area contributed by atoms with E-state index < -0.39 is 39.1 Å². The highest BCUT2D eigenvalue weighted by atomic mass is 35.5. The zero-order valence-electron chi connectivity index (χ0n) is 24.8. The number of benzene rings is 1. The van der Waals surface area contributed by atoms with Crippen LogP contribution in [0.5, 0.6) is 5.88 Å². The summed E-state index contributed by atoms with van der Waals surface area (Å²) >= 11 is 5.90. The van der Waals surface area contributed by atoms with Gasteiger partial charge in [-0.25, -0.2) is 29.4 Å². The van der Waals surface area contributed by atoms with Crippen molar-refractivity contribution in [1.29, 1.82) is 0 Å². The fourth-order valence-electron chi connectivity index (χ4n) is 4.72. The Labute approximate surface area is 255 Å². The molecule has 0 aliphatic carbocycles. The van der Waals surface area contributed by atoms with Crippen LogP contribution in [0.2, 0.25) is 5.28 Å². The standard InChI is InChI=1S/C29H35ClF4N6O2S/c1-17-15-40(16-18(2)39(17)3)24-8-7-19(26-22(31)14-36-28(30)38-26)11-23(24)37-27(41)20-13-35-25(12-21(20)29(32,33)34)42-9-10-43(4,5)6/h7-8,11-14,17-18H,9-10,15-16H2,1-6H3,(H,37,41)/t17-,18+. The van der Waals surface area contributed by atoms with E-state index in [1.165, 1.54) is 6.07 Å². The number of likely N-dealkylation sites (N-methyl/N-ethyl adjacent to an activating group) is 1. The summed E-state index contributed by atoms with van der Waals surface area (Å²) in [6.45, 7) is 5.50. The van der Waals surface area contributed by atoms with E-state index in [0.717, 1.165) is 18.5 Å². The van der Waals surface area contributed by atoms with Gasteiger partial charge in [-0.1, -0.05) is 6.07 Å². The number of nitrogens with zero attached hydrogens (tertiary/aromatic N) is 5. The Balaban J connectivity index is 1.72. The van der Waals surface area contributed by atoms with Gasteiger partial charge in [-0.15, -0.1) is 0 Å². The van der Waals surface area contributed by atoms with Gasteiger partial charge < -0.3 is 15.0 Å². The Morgan fingerprint density at radius 1 is 1.12 bits per heavy atom. The highest BCUT2D eigenvalue weighted by Gasteiger charge is 2.37. The topological polar surface area (TPSA) is 83.5 Å². The summed E-state index contributed by atoms with van der Waals surface area (Å²) in [5, 5.41) is 2.45. The van der Waals surface area contributed by atoms with Crippen LogP contribution in [-0.4, -0.2) is 89.1 Å². The van der Waals surface area contributed by atoms with Gasteiger partial charge in [0.1, 0.15) is 5.69 Å². The van der Waals surface area contributed by atoms with E-state index in [1.54, 1.807) is 12.1 Å². The highest BCUT2D eigenvalue weighted by Crippen LogP contribution is 2.38. The summed E-state index contributed by atoms with van der Waals surface area (Å²) in [5.41, 5.74) is -0.952. The number of carbonyl (C=O) groups excluding carboxylic acids is 1. The number of hydrogen-bond donors (Lipinski definition) is 1. The monoisotopic (exact) mass is 642 g/mol. The number of hydrogen-bond acceptors (Lipinski definition) is 7. The van der Waals surface area contributed by atoms with Crippen LogP contribution in [0, 0.1) is 5.82 Å². The second-order valence-corrected chi connectivity index (χ2v) is 16.4. The molecule has 0 unspecified atom stereocenters. The molecule has 1 saturated heterocycles. The molecule has 4 rings (SSSR count). The van der Waals surface area contributed by atoms with Gasteiger partial charge in [-0.3, -0.25) is 9.69 Å². The van der Waals surface area contributed by atoms with Crippen molar-refractivity contribution in [2.45, 2.75) is 32.1 Å². The van der Waals surface area contributed by atoms with Crippen molar-refractivity contribution in [3.8, 4) is 17.1 Å². The third kappa shape index (κ3) is 8.07. The molecule has 1 aromatic carbocycles. The van der Waals surface area contributed by atoms with Gasteiger partial charge in [0, 0.05) is 48.8 Å². The lowest BCUT2D eigenvalue weighted by molar-refractivity contribution is -0.138. The molecule has 43 heavy (non-hydrogen) atoms. The van der Waals surface area contributed by atoms with Crippen LogP contribution in [0.4, 0.5) is 28.9 Å². The van der Waals surface area contributed by atoms with E-state index in [-0.39, 0.29) is 46.8 Å². The molecule has 2 aromatic heterocycles. The van der Waals surface area contributed by atoms with Gasteiger partial charge >= 0.3 is 6.18 Å².